The summed E-state index contributed by atoms with van der Waals surface area (Å²) >= 11 is 0. The zero-order valence-corrected chi connectivity index (χ0v) is 12.0. The second-order valence-corrected chi connectivity index (χ2v) is 4.99. The Morgan fingerprint density at radius 3 is 2.77 bits per heavy atom. The molecule has 110 valence electrons. The van der Waals surface area contributed by atoms with Crippen molar-refractivity contribution in [1.29, 1.82) is 0 Å². The first-order valence-corrected chi connectivity index (χ1v) is 6.85. The summed E-state index contributed by atoms with van der Waals surface area (Å²) in [6.07, 6.45) is 2.87. The number of carbonyl (C=O) groups excluding carboxylic acids is 1. The molecule has 0 atom stereocenters. The number of para-hydroxylation sites is 1. The largest absolute Gasteiger partial charge is 0.457 e. The third kappa shape index (κ3) is 3.06. The van der Waals surface area contributed by atoms with Gasteiger partial charge in [0.15, 0.2) is 0 Å². The highest BCUT2D eigenvalue weighted by Crippen LogP contribution is 2.20. The van der Waals surface area contributed by atoms with Crippen LogP contribution in [-0.2, 0) is 4.79 Å². The van der Waals surface area contributed by atoms with Gasteiger partial charge in [-0.25, -0.2) is 4.39 Å². The fraction of sp³-hybridized carbons (Fsp3) is 0.0556. The molecule has 1 heterocycles. The molecule has 0 fully saturated rings. The van der Waals surface area contributed by atoms with Gasteiger partial charge in [0.2, 0.25) is 5.91 Å². The minimum atomic E-state index is -0.453. The van der Waals surface area contributed by atoms with Gasteiger partial charge in [-0.05, 0) is 42.8 Å². The van der Waals surface area contributed by atoms with Crippen LogP contribution in [0.15, 0.2) is 59.0 Å². The predicted octanol–water partition coefficient (Wildman–Crippen LogP) is 4.53. The van der Waals surface area contributed by atoms with Gasteiger partial charge in [-0.2, -0.15) is 0 Å². The van der Waals surface area contributed by atoms with Crippen LogP contribution >= 0.6 is 0 Å². The van der Waals surface area contributed by atoms with Gasteiger partial charge in [-0.3, -0.25) is 4.79 Å². The third-order valence-electron chi connectivity index (χ3n) is 3.23. The Labute approximate surface area is 127 Å². The summed E-state index contributed by atoms with van der Waals surface area (Å²) in [5.41, 5.74) is 1.71. The molecule has 0 spiro atoms. The van der Waals surface area contributed by atoms with E-state index in [2.05, 4.69) is 5.32 Å². The van der Waals surface area contributed by atoms with E-state index in [0.29, 0.717) is 5.76 Å². The van der Waals surface area contributed by atoms with E-state index in [1.54, 1.807) is 19.1 Å². The molecule has 0 saturated carbocycles. The maximum absolute atomic E-state index is 13.7. The van der Waals surface area contributed by atoms with Crippen molar-refractivity contribution >= 4 is 28.6 Å². The SMILES string of the molecule is Cc1ccc(NC(=O)/C=C/c2cc3ccccc3o2)c(F)c1. The Hall–Kier alpha value is -2.88. The lowest BCUT2D eigenvalue weighted by Gasteiger charge is -2.04. The molecule has 2 aromatic carbocycles. The quantitative estimate of drug-likeness (QED) is 0.721. The summed E-state index contributed by atoms with van der Waals surface area (Å²) in [5, 5.41) is 3.46. The number of rotatable bonds is 3. The molecule has 0 radical (unpaired) electrons. The molecule has 3 aromatic rings. The topological polar surface area (TPSA) is 42.2 Å². The molecule has 3 nitrogen and oxygen atoms in total. The van der Waals surface area contributed by atoms with Gasteiger partial charge in [-0.1, -0.05) is 24.3 Å². The maximum atomic E-state index is 13.7. The van der Waals surface area contributed by atoms with Crippen LogP contribution in [0.5, 0.6) is 0 Å². The normalized spacial score (nSPS) is 11.2. The summed E-state index contributed by atoms with van der Waals surface area (Å²) in [7, 11) is 0. The molecule has 22 heavy (non-hydrogen) atoms. The number of amides is 1. The van der Waals surface area contributed by atoms with Crippen LogP contribution in [0, 0.1) is 12.7 Å². The lowest BCUT2D eigenvalue weighted by Crippen LogP contribution is -2.09. The van der Waals surface area contributed by atoms with Gasteiger partial charge in [0, 0.05) is 11.5 Å². The van der Waals surface area contributed by atoms with Crippen molar-refractivity contribution in [1.82, 2.24) is 0 Å². The van der Waals surface area contributed by atoms with Gasteiger partial charge in [0.05, 0.1) is 5.69 Å². The molecule has 0 aliphatic carbocycles. The van der Waals surface area contributed by atoms with Gasteiger partial charge in [0.25, 0.3) is 0 Å². The van der Waals surface area contributed by atoms with Gasteiger partial charge >= 0.3 is 0 Å². The van der Waals surface area contributed by atoms with E-state index in [9.17, 15) is 9.18 Å². The third-order valence-corrected chi connectivity index (χ3v) is 3.23. The summed E-state index contributed by atoms with van der Waals surface area (Å²) in [5.74, 6) is -0.297. The summed E-state index contributed by atoms with van der Waals surface area (Å²) in [4.78, 5) is 11.8. The Morgan fingerprint density at radius 1 is 1.18 bits per heavy atom. The van der Waals surface area contributed by atoms with Crippen LogP contribution < -0.4 is 5.32 Å². The monoisotopic (exact) mass is 295 g/mol. The average molecular weight is 295 g/mol. The number of aryl methyl sites for hydroxylation is 1. The highest BCUT2D eigenvalue weighted by Gasteiger charge is 2.05. The van der Waals surface area contributed by atoms with Crippen LogP contribution in [0.1, 0.15) is 11.3 Å². The molecular formula is C18H14FNO2. The second-order valence-electron chi connectivity index (χ2n) is 4.99. The van der Waals surface area contributed by atoms with Crippen molar-refractivity contribution in [3.63, 3.8) is 0 Å². The van der Waals surface area contributed by atoms with Crippen LogP contribution in [0.2, 0.25) is 0 Å². The molecular weight excluding hydrogens is 281 g/mol. The molecule has 1 N–H and O–H groups in total. The first kappa shape index (κ1) is 14.1. The minimum Gasteiger partial charge on any atom is -0.457 e. The Morgan fingerprint density at radius 2 is 2.00 bits per heavy atom. The molecule has 3 rings (SSSR count). The predicted molar refractivity (Wildman–Crippen MR) is 85.0 cm³/mol. The van der Waals surface area contributed by atoms with Crippen molar-refractivity contribution < 1.29 is 13.6 Å². The number of hydrogen-bond donors (Lipinski definition) is 1. The standard InChI is InChI=1S/C18H14FNO2/c1-12-6-8-16(15(19)10-12)20-18(21)9-7-14-11-13-4-2-3-5-17(13)22-14/h2-11H,1H3,(H,20,21)/b9-7+. The molecule has 0 saturated heterocycles. The highest BCUT2D eigenvalue weighted by atomic mass is 19.1. The van der Waals surface area contributed by atoms with Crippen molar-refractivity contribution in [3.05, 3.63) is 71.7 Å². The Kier molecular flexibility index (Phi) is 3.74. The van der Waals surface area contributed by atoms with E-state index >= 15 is 0 Å². The Balaban J connectivity index is 1.73. The lowest BCUT2D eigenvalue weighted by atomic mass is 10.2. The highest BCUT2D eigenvalue weighted by molar-refractivity contribution is 6.02. The van der Waals surface area contributed by atoms with E-state index in [4.69, 9.17) is 4.42 Å². The van der Waals surface area contributed by atoms with E-state index in [0.717, 1.165) is 16.5 Å². The minimum absolute atomic E-state index is 0.157. The lowest BCUT2D eigenvalue weighted by molar-refractivity contribution is -0.111. The van der Waals surface area contributed by atoms with Crippen molar-refractivity contribution in [2.45, 2.75) is 6.92 Å². The van der Waals surface area contributed by atoms with Crippen molar-refractivity contribution in [2.24, 2.45) is 0 Å². The fourth-order valence-corrected chi connectivity index (χ4v) is 2.14. The number of halogens is 1. The van der Waals surface area contributed by atoms with E-state index in [-0.39, 0.29) is 5.69 Å². The van der Waals surface area contributed by atoms with Gasteiger partial charge in [-0.15, -0.1) is 0 Å². The number of anilines is 1. The molecule has 1 amide bonds. The summed E-state index contributed by atoms with van der Waals surface area (Å²) < 4.78 is 19.2. The first-order valence-electron chi connectivity index (χ1n) is 6.85. The van der Waals surface area contributed by atoms with Gasteiger partial charge in [0.1, 0.15) is 17.2 Å². The first-order chi connectivity index (χ1) is 10.6. The van der Waals surface area contributed by atoms with Gasteiger partial charge < -0.3 is 9.73 Å². The Bertz CT molecular complexity index is 831. The summed E-state index contributed by atoms with van der Waals surface area (Å²) in [6.45, 7) is 1.79. The fourth-order valence-electron chi connectivity index (χ4n) is 2.14. The average Bonchev–Trinajstić information content (AvgIpc) is 2.91. The molecule has 0 aliphatic rings. The second kappa shape index (κ2) is 5.85. The summed E-state index contributed by atoms with van der Waals surface area (Å²) in [6, 6.07) is 14.1. The molecule has 4 heteroatoms. The van der Waals surface area contributed by atoms with Crippen LogP contribution in [0.4, 0.5) is 10.1 Å². The molecule has 0 bridgehead atoms. The van der Waals surface area contributed by atoms with Crippen molar-refractivity contribution in [2.75, 3.05) is 5.32 Å². The smallest absolute Gasteiger partial charge is 0.248 e. The van der Waals surface area contributed by atoms with Crippen LogP contribution in [0.3, 0.4) is 0 Å². The maximum Gasteiger partial charge on any atom is 0.248 e. The van der Waals surface area contributed by atoms with E-state index in [1.807, 2.05) is 30.3 Å². The number of nitrogens with one attached hydrogen (secondary N) is 1. The molecule has 1 aromatic heterocycles. The number of fused-ring (bicyclic) bond motifs is 1. The van der Waals surface area contributed by atoms with Crippen molar-refractivity contribution in [3.8, 4) is 0 Å². The van der Waals surface area contributed by atoms with E-state index in [1.165, 1.54) is 18.2 Å². The van der Waals surface area contributed by atoms with Crippen LogP contribution in [-0.4, -0.2) is 5.91 Å². The van der Waals surface area contributed by atoms with E-state index < -0.39 is 11.7 Å². The number of furan rings is 1. The number of carbonyl (C=O) groups is 1. The number of hydrogen-bond acceptors (Lipinski definition) is 2. The number of benzene rings is 2. The van der Waals surface area contributed by atoms with Crippen LogP contribution in [0.25, 0.3) is 17.0 Å². The molecule has 0 unspecified atom stereocenters. The zero-order valence-electron chi connectivity index (χ0n) is 12.0. The zero-order chi connectivity index (χ0) is 15.5. The molecule has 0 aliphatic heterocycles.